The molecular formula is C37H63NO12. The van der Waals surface area contributed by atoms with Gasteiger partial charge in [0.15, 0.2) is 18.7 Å². The molecule has 13 nitrogen and oxygen atoms in total. The standard InChI is InChI=1S/C37H63NO12/c1-18-15-37(10)32(49-35-29(41)26(38(11)12)14-19(2)45-35)22(5)31(48-27-16-36(9,43-13)33(44-17-39)25(8)46-27)23(6)34(42)47-24(7)20(3)28(40)21(4)30(18)50-37/h17,19-29,31-33,35,40-41H,14-16H2,1-13H3/t19-,20+,21-,22+,23-,24?,25+,26?,27?,28?,29?,31?,32?,33?,35?,36-,37-/m1/s1. The molecule has 0 amide bonds. The second kappa shape index (κ2) is 16.0. The minimum absolute atomic E-state index is 0.196. The average molecular weight is 714 g/mol. The predicted octanol–water partition coefficient (Wildman–Crippen LogP) is 3.57. The van der Waals surface area contributed by atoms with E-state index in [1.165, 1.54) is 0 Å². The summed E-state index contributed by atoms with van der Waals surface area (Å²) in [5.41, 5.74) is -0.965. The maximum Gasteiger partial charge on any atom is 0.311 e. The van der Waals surface area contributed by atoms with Crippen LogP contribution >= 0.6 is 0 Å². The fraction of sp³-hybridized carbons (Fsp3) is 0.892. The zero-order chi connectivity index (χ0) is 37.5. The lowest BCUT2D eigenvalue weighted by Gasteiger charge is -2.49. The Hall–Kier alpha value is -1.84. The maximum atomic E-state index is 14.0. The van der Waals surface area contributed by atoms with Crippen LogP contribution in [0.1, 0.15) is 88.5 Å². The lowest BCUT2D eigenvalue weighted by molar-refractivity contribution is -0.317. The van der Waals surface area contributed by atoms with Gasteiger partial charge in [0.05, 0.1) is 30.3 Å². The monoisotopic (exact) mass is 713 g/mol. The van der Waals surface area contributed by atoms with Crippen molar-refractivity contribution in [2.24, 2.45) is 23.7 Å². The van der Waals surface area contributed by atoms with Crippen LogP contribution in [0.25, 0.3) is 0 Å². The first kappa shape index (κ1) is 40.9. The molecule has 0 radical (unpaired) electrons. The molecule has 4 aliphatic rings. The number of aliphatic hydroxyl groups excluding tert-OH is 2. The van der Waals surface area contributed by atoms with Crippen molar-refractivity contribution >= 4 is 12.4 Å². The number of likely N-dealkylation sites (N-methyl/N-ethyl adjacent to an activating group) is 1. The molecule has 0 saturated carbocycles. The third-order valence-electron chi connectivity index (χ3n) is 11.9. The van der Waals surface area contributed by atoms with E-state index < -0.39 is 96.2 Å². The van der Waals surface area contributed by atoms with Crippen molar-refractivity contribution in [2.45, 2.75) is 167 Å². The fourth-order valence-corrected chi connectivity index (χ4v) is 8.61. The Kier molecular flexibility index (Phi) is 13.1. The normalized spacial score (nSPS) is 47.8. The van der Waals surface area contributed by atoms with E-state index >= 15 is 0 Å². The fourth-order valence-electron chi connectivity index (χ4n) is 8.61. The Balaban J connectivity index is 1.80. The molecule has 2 bridgehead atoms. The summed E-state index contributed by atoms with van der Waals surface area (Å²) in [6.45, 7) is 19.2. The van der Waals surface area contributed by atoms with E-state index in [-0.39, 0.29) is 18.6 Å². The number of methoxy groups -OCH3 is 1. The topological polar surface area (TPSA) is 152 Å². The Labute approximate surface area is 298 Å². The molecular weight excluding hydrogens is 650 g/mol. The highest BCUT2D eigenvalue weighted by atomic mass is 16.7. The third kappa shape index (κ3) is 8.20. The van der Waals surface area contributed by atoms with Crippen LogP contribution in [-0.2, 0) is 47.5 Å². The van der Waals surface area contributed by atoms with Gasteiger partial charge in [-0.3, -0.25) is 9.59 Å². The molecule has 0 aromatic heterocycles. The Morgan fingerprint density at radius 3 is 2.16 bits per heavy atom. The van der Waals surface area contributed by atoms with Crippen molar-refractivity contribution in [1.82, 2.24) is 4.90 Å². The molecule has 0 spiro atoms. The lowest BCUT2D eigenvalue weighted by Crippen LogP contribution is -2.60. The van der Waals surface area contributed by atoms with E-state index in [0.29, 0.717) is 25.1 Å². The van der Waals surface area contributed by atoms with E-state index in [1.807, 2.05) is 67.5 Å². The average Bonchev–Trinajstić information content (AvgIpc) is 3.37. The minimum atomic E-state index is -1.01. The van der Waals surface area contributed by atoms with Crippen molar-refractivity contribution in [1.29, 1.82) is 0 Å². The molecule has 2 N–H and O–H groups in total. The molecule has 4 rings (SSSR count). The van der Waals surface area contributed by atoms with Gasteiger partial charge in [-0.1, -0.05) is 20.8 Å². The summed E-state index contributed by atoms with van der Waals surface area (Å²) < 4.78 is 50.4. The molecule has 0 aromatic carbocycles. The highest BCUT2D eigenvalue weighted by Gasteiger charge is 2.55. The smallest absolute Gasteiger partial charge is 0.311 e. The highest BCUT2D eigenvalue weighted by Crippen LogP contribution is 2.47. The number of carbonyl (C=O) groups excluding carboxylic acids is 2. The van der Waals surface area contributed by atoms with Gasteiger partial charge in [0, 0.05) is 43.7 Å². The first-order valence-electron chi connectivity index (χ1n) is 18.2. The summed E-state index contributed by atoms with van der Waals surface area (Å²) in [7, 11) is 5.38. The number of ether oxygens (including phenoxy) is 8. The zero-order valence-corrected chi connectivity index (χ0v) is 32.3. The summed E-state index contributed by atoms with van der Waals surface area (Å²) in [6.07, 6.45) is -6.13. The second-order valence-electron chi connectivity index (χ2n) is 16.0. The lowest BCUT2D eigenvalue weighted by atomic mass is 9.79. The minimum Gasteiger partial charge on any atom is -0.489 e. The molecule has 3 saturated heterocycles. The van der Waals surface area contributed by atoms with Crippen molar-refractivity contribution < 1.29 is 57.7 Å². The Morgan fingerprint density at radius 2 is 1.56 bits per heavy atom. The van der Waals surface area contributed by atoms with E-state index in [2.05, 4.69) is 0 Å². The number of fused-ring (bicyclic) bond motifs is 2. The van der Waals surface area contributed by atoms with E-state index in [1.54, 1.807) is 27.9 Å². The van der Waals surface area contributed by atoms with Crippen molar-refractivity contribution in [3.05, 3.63) is 11.3 Å². The van der Waals surface area contributed by atoms with Crippen molar-refractivity contribution in [3.63, 3.8) is 0 Å². The number of aliphatic hydroxyl groups is 2. The molecule has 4 heterocycles. The summed E-state index contributed by atoms with van der Waals surface area (Å²) in [4.78, 5) is 27.3. The van der Waals surface area contributed by atoms with Crippen LogP contribution in [0, 0.1) is 23.7 Å². The first-order chi connectivity index (χ1) is 23.3. The van der Waals surface area contributed by atoms with Crippen LogP contribution in [0.15, 0.2) is 11.3 Å². The van der Waals surface area contributed by atoms with Gasteiger partial charge in [0.2, 0.25) is 0 Å². The molecule has 50 heavy (non-hydrogen) atoms. The van der Waals surface area contributed by atoms with Crippen LogP contribution in [0.2, 0.25) is 0 Å². The summed E-state index contributed by atoms with van der Waals surface area (Å²) in [5.74, 6) is -2.03. The molecule has 288 valence electrons. The van der Waals surface area contributed by atoms with Gasteiger partial charge in [-0.2, -0.15) is 0 Å². The highest BCUT2D eigenvalue weighted by molar-refractivity contribution is 5.73. The molecule has 0 aliphatic carbocycles. The van der Waals surface area contributed by atoms with E-state index in [9.17, 15) is 19.8 Å². The van der Waals surface area contributed by atoms with Crippen LogP contribution in [0.5, 0.6) is 0 Å². The number of cyclic esters (lactones) is 1. The summed E-state index contributed by atoms with van der Waals surface area (Å²) >= 11 is 0. The van der Waals surface area contributed by atoms with Gasteiger partial charge < -0.3 is 53.0 Å². The molecule has 3 fully saturated rings. The Morgan fingerprint density at radius 1 is 0.900 bits per heavy atom. The van der Waals surface area contributed by atoms with E-state index in [4.69, 9.17) is 37.9 Å². The summed E-state index contributed by atoms with van der Waals surface area (Å²) in [5, 5.41) is 23.1. The molecule has 4 aliphatic heterocycles. The maximum absolute atomic E-state index is 14.0. The number of esters is 1. The number of carbonyl (C=O) groups is 2. The van der Waals surface area contributed by atoms with Gasteiger partial charge in [-0.25, -0.2) is 0 Å². The van der Waals surface area contributed by atoms with Crippen LogP contribution in [0.3, 0.4) is 0 Å². The van der Waals surface area contributed by atoms with Gasteiger partial charge in [-0.15, -0.1) is 0 Å². The summed E-state index contributed by atoms with van der Waals surface area (Å²) in [6, 6.07) is -0.217. The van der Waals surface area contributed by atoms with E-state index in [0.717, 1.165) is 5.57 Å². The first-order valence-corrected chi connectivity index (χ1v) is 18.2. The van der Waals surface area contributed by atoms with Crippen molar-refractivity contribution in [2.75, 3.05) is 21.2 Å². The number of hydrogen-bond acceptors (Lipinski definition) is 13. The third-order valence-corrected chi connectivity index (χ3v) is 11.9. The zero-order valence-electron chi connectivity index (χ0n) is 32.3. The number of nitrogens with zero attached hydrogens (tertiary/aromatic N) is 1. The second-order valence-corrected chi connectivity index (χ2v) is 16.0. The van der Waals surface area contributed by atoms with Gasteiger partial charge in [0.25, 0.3) is 6.47 Å². The molecule has 17 atom stereocenters. The van der Waals surface area contributed by atoms with Gasteiger partial charge in [0.1, 0.15) is 35.3 Å². The van der Waals surface area contributed by atoms with Crippen LogP contribution < -0.4 is 0 Å². The van der Waals surface area contributed by atoms with Crippen molar-refractivity contribution in [3.8, 4) is 0 Å². The van der Waals surface area contributed by atoms with Crippen LogP contribution in [0.4, 0.5) is 0 Å². The van der Waals surface area contributed by atoms with Gasteiger partial charge in [-0.05, 0) is 74.6 Å². The number of rotatable bonds is 8. The molecule has 0 aromatic rings. The van der Waals surface area contributed by atoms with Crippen LogP contribution in [-0.4, -0.2) is 127 Å². The van der Waals surface area contributed by atoms with Gasteiger partial charge >= 0.3 is 5.97 Å². The largest absolute Gasteiger partial charge is 0.489 e. The number of hydrogen-bond donors (Lipinski definition) is 2. The SMILES string of the molecule is CO[C@]1(C)CC(OC2[C@H](C)C(OC3O[C@H](C)CC(N(C)C)C3O)[C@@]3(C)CC(C)=C(O3)[C@H](C)C(O)[C@@H](C)C(C)OC(=O)[C@@H]2C)O[C@@H](C)C1OC=O. The predicted molar refractivity (Wildman–Crippen MR) is 183 cm³/mol. The molecule has 13 heteroatoms. The molecule has 9 unspecified atom stereocenters. The quantitative estimate of drug-likeness (QED) is 0.279. The Bertz CT molecular complexity index is 1210.